The van der Waals surface area contributed by atoms with E-state index in [1.165, 1.54) is 6.26 Å². The van der Waals surface area contributed by atoms with Gasteiger partial charge in [0.2, 0.25) is 11.6 Å². The number of hydrogen-bond donors (Lipinski definition) is 1. The van der Waals surface area contributed by atoms with Crippen molar-refractivity contribution in [3.05, 3.63) is 22.7 Å². The van der Waals surface area contributed by atoms with Gasteiger partial charge in [-0.05, 0) is 28.9 Å². The molecule has 2 rings (SSSR count). The van der Waals surface area contributed by atoms with E-state index in [2.05, 4.69) is 20.9 Å². The van der Waals surface area contributed by atoms with Gasteiger partial charge in [-0.1, -0.05) is 0 Å². The van der Waals surface area contributed by atoms with E-state index in [1.807, 2.05) is 0 Å². The summed E-state index contributed by atoms with van der Waals surface area (Å²) in [6.45, 7) is 2.02. The molecule has 0 amide bonds. The molecular formula is C10H8BrNO5. The number of carboxylic acid groups (broad SMARTS) is 1. The molecular weight excluding hydrogens is 294 g/mol. The molecule has 90 valence electrons. The average Bonchev–Trinajstić information content (AvgIpc) is 2.84. The lowest BCUT2D eigenvalue weighted by Crippen LogP contribution is -2.01. The van der Waals surface area contributed by atoms with Gasteiger partial charge >= 0.3 is 11.9 Å². The van der Waals surface area contributed by atoms with Crippen LogP contribution in [0.1, 0.15) is 17.4 Å². The Morgan fingerprint density at radius 1 is 1.65 bits per heavy atom. The summed E-state index contributed by atoms with van der Waals surface area (Å²) in [4.78, 5) is 14.8. The van der Waals surface area contributed by atoms with Crippen LogP contribution in [0.4, 0.5) is 0 Å². The molecule has 0 radical (unpaired) electrons. The number of oxazole rings is 1. The second-order valence-electron chi connectivity index (χ2n) is 3.00. The van der Waals surface area contributed by atoms with Crippen molar-refractivity contribution in [2.24, 2.45) is 0 Å². The monoisotopic (exact) mass is 301 g/mol. The zero-order valence-corrected chi connectivity index (χ0v) is 10.4. The molecule has 0 atom stereocenters. The first kappa shape index (κ1) is 11.7. The second-order valence-corrected chi connectivity index (χ2v) is 3.72. The van der Waals surface area contributed by atoms with Gasteiger partial charge in [0.15, 0.2) is 4.67 Å². The third-order valence-electron chi connectivity index (χ3n) is 1.92. The van der Waals surface area contributed by atoms with Crippen LogP contribution < -0.4 is 4.74 Å². The summed E-state index contributed by atoms with van der Waals surface area (Å²) in [6.07, 6.45) is 1.43. The third-order valence-corrected chi connectivity index (χ3v) is 2.54. The number of carboxylic acids is 1. The Morgan fingerprint density at radius 3 is 2.94 bits per heavy atom. The number of ether oxygens (including phenoxy) is 1. The first-order valence-corrected chi connectivity index (χ1v) is 5.53. The Kier molecular flexibility index (Phi) is 3.19. The molecule has 0 fully saturated rings. The molecule has 7 heteroatoms. The predicted octanol–water partition coefficient (Wildman–Crippen LogP) is 2.79. The van der Waals surface area contributed by atoms with Gasteiger partial charge in [0.25, 0.3) is 0 Å². The maximum atomic E-state index is 10.9. The number of aromatic nitrogens is 1. The SMILES string of the molecule is CCOc1oc(-c2ccoc2Br)nc1C(=O)O. The molecule has 0 aliphatic carbocycles. The molecule has 0 bridgehead atoms. The number of carbonyl (C=O) groups is 1. The van der Waals surface area contributed by atoms with E-state index in [4.69, 9.17) is 18.7 Å². The standard InChI is InChI=1S/C10H8BrNO5/c1-2-15-10-6(9(13)14)12-8(17-10)5-3-4-16-7(5)11/h3-4H,2H2,1H3,(H,13,14). The molecule has 0 unspecified atom stereocenters. The normalized spacial score (nSPS) is 10.5. The molecule has 1 N–H and O–H groups in total. The van der Waals surface area contributed by atoms with Crippen LogP contribution in [0.25, 0.3) is 11.5 Å². The van der Waals surface area contributed by atoms with E-state index in [9.17, 15) is 4.79 Å². The molecule has 0 saturated carbocycles. The lowest BCUT2D eigenvalue weighted by atomic mass is 10.3. The minimum Gasteiger partial charge on any atom is -0.476 e. The zero-order chi connectivity index (χ0) is 12.4. The summed E-state index contributed by atoms with van der Waals surface area (Å²) < 4.78 is 15.7. The lowest BCUT2D eigenvalue weighted by molar-refractivity contribution is 0.0683. The Balaban J connectivity index is 2.47. The van der Waals surface area contributed by atoms with Gasteiger partial charge in [-0.25, -0.2) is 4.79 Å². The van der Waals surface area contributed by atoms with Crippen molar-refractivity contribution in [2.45, 2.75) is 6.92 Å². The molecule has 2 aromatic rings. The van der Waals surface area contributed by atoms with Crippen LogP contribution in [0.15, 0.2) is 25.8 Å². The number of furan rings is 1. The summed E-state index contributed by atoms with van der Waals surface area (Å²) in [5.41, 5.74) is 0.272. The molecule has 17 heavy (non-hydrogen) atoms. The van der Waals surface area contributed by atoms with Crippen molar-refractivity contribution >= 4 is 21.9 Å². The summed E-state index contributed by atoms with van der Waals surface area (Å²) in [5.74, 6) is -1.18. The lowest BCUT2D eigenvalue weighted by Gasteiger charge is -1.96. The van der Waals surface area contributed by atoms with Gasteiger partial charge < -0.3 is 18.7 Å². The van der Waals surface area contributed by atoms with Gasteiger partial charge in [0.1, 0.15) is 0 Å². The molecule has 0 aliphatic rings. The fourth-order valence-electron chi connectivity index (χ4n) is 1.23. The van der Waals surface area contributed by atoms with Crippen molar-refractivity contribution in [2.75, 3.05) is 6.61 Å². The number of rotatable bonds is 4. The number of halogens is 1. The Hall–Kier alpha value is -1.76. The third kappa shape index (κ3) is 2.19. The Morgan fingerprint density at radius 2 is 2.41 bits per heavy atom. The molecule has 2 aromatic heterocycles. The average molecular weight is 302 g/mol. The van der Waals surface area contributed by atoms with Crippen LogP contribution >= 0.6 is 15.9 Å². The van der Waals surface area contributed by atoms with E-state index in [0.717, 1.165) is 0 Å². The minimum atomic E-state index is -1.21. The van der Waals surface area contributed by atoms with Gasteiger partial charge in [-0.2, -0.15) is 4.98 Å². The topological polar surface area (TPSA) is 85.7 Å². The van der Waals surface area contributed by atoms with Crippen LogP contribution in [0.3, 0.4) is 0 Å². The maximum absolute atomic E-state index is 10.9. The van der Waals surface area contributed by atoms with Crippen molar-refractivity contribution in [1.82, 2.24) is 4.98 Å². The quantitative estimate of drug-likeness (QED) is 0.934. The number of hydrogen-bond acceptors (Lipinski definition) is 5. The summed E-state index contributed by atoms with van der Waals surface area (Å²) in [5, 5.41) is 8.93. The van der Waals surface area contributed by atoms with Crippen LogP contribution in [0.2, 0.25) is 0 Å². The molecule has 0 aromatic carbocycles. The smallest absolute Gasteiger partial charge is 0.362 e. The second kappa shape index (κ2) is 4.62. The van der Waals surface area contributed by atoms with Crippen molar-refractivity contribution in [3.63, 3.8) is 0 Å². The van der Waals surface area contributed by atoms with Gasteiger partial charge in [-0.15, -0.1) is 0 Å². The fourth-order valence-corrected chi connectivity index (χ4v) is 1.64. The van der Waals surface area contributed by atoms with E-state index < -0.39 is 5.97 Å². The van der Waals surface area contributed by atoms with Crippen LogP contribution in [0.5, 0.6) is 5.95 Å². The van der Waals surface area contributed by atoms with Crippen molar-refractivity contribution in [1.29, 1.82) is 0 Å². The number of nitrogens with zero attached hydrogens (tertiary/aromatic N) is 1. The largest absolute Gasteiger partial charge is 0.476 e. The van der Waals surface area contributed by atoms with Gasteiger partial charge in [0.05, 0.1) is 18.4 Å². The molecule has 2 heterocycles. The van der Waals surface area contributed by atoms with Crippen LogP contribution in [-0.2, 0) is 0 Å². The van der Waals surface area contributed by atoms with Crippen LogP contribution in [-0.4, -0.2) is 22.7 Å². The Labute approximate surface area is 104 Å². The summed E-state index contributed by atoms with van der Waals surface area (Å²) in [7, 11) is 0. The van der Waals surface area contributed by atoms with E-state index in [0.29, 0.717) is 16.8 Å². The zero-order valence-electron chi connectivity index (χ0n) is 8.77. The molecule has 0 aliphatic heterocycles. The maximum Gasteiger partial charge on any atom is 0.362 e. The highest BCUT2D eigenvalue weighted by molar-refractivity contribution is 9.10. The highest BCUT2D eigenvalue weighted by atomic mass is 79.9. The van der Waals surface area contributed by atoms with Crippen molar-refractivity contribution < 1.29 is 23.5 Å². The van der Waals surface area contributed by atoms with Gasteiger partial charge in [0, 0.05) is 0 Å². The summed E-state index contributed by atoms with van der Waals surface area (Å²) in [6, 6.07) is 1.61. The molecule has 0 spiro atoms. The first-order chi connectivity index (χ1) is 8.13. The summed E-state index contributed by atoms with van der Waals surface area (Å²) >= 11 is 3.16. The molecule has 0 saturated heterocycles. The van der Waals surface area contributed by atoms with E-state index in [-0.39, 0.29) is 17.5 Å². The molecule has 6 nitrogen and oxygen atoms in total. The van der Waals surface area contributed by atoms with Crippen molar-refractivity contribution in [3.8, 4) is 17.4 Å². The Bertz CT molecular complexity index is 545. The predicted molar refractivity (Wildman–Crippen MR) is 60.0 cm³/mol. The van der Waals surface area contributed by atoms with E-state index >= 15 is 0 Å². The highest BCUT2D eigenvalue weighted by Crippen LogP contribution is 2.32. The fraction of sp³-hybridized carbons (Fsp3) is 0.200. The van der Waals surface area contributed by atoms with Crippen LogP contribution in [0, 0.1) is 0 Å². The number of aromatic carboxylic acids is 1. The minimum absolute atomic E-state index is 0.108. The highest BCUT2D eigenvalue weighted by Gasteiger charge is 2.23. The first-order valence-electron chi connectivity index (χ1n) is 4.73. The van der Waals surface area contributed by atoms with E-state index in [1.54, 1.807) is 13.0 Å². The van der Waals surface area contributed by atoms with Gasteiger partial charge in [-0.3, -0.25) is 0 Å².